The summed E-state index contributed by atoms with van der Waals surface area (Å²) < 4.78 is 1.70. The number of nitro groups is 1. The van der Waals surface area contributed by atoms with E-state index in [1.54, 1.807) is 15.8 Å². The fraction of sp³-hybridized carbons (Fsp3) is 0.294. The molecular formula is C17H17N7O3. The van der Waals surface area contributed by atoms with E-state index in [9.17, 15) is 14.9 Å². The third-order valence-electron chi connectivity index (χ3n) is 4.70. The molecule has 1 fully saturated rings. The van der Waals surface area contributed by atoms with Gasteiger partial charge in [-0.1, -0.05) is 0 Å². The van der Waals surface area contributed by atoms with Crippen LogP contribution in [0.2, 0.25) is 0 Å². The Morgan fingerprint density at radius 1 is 1.11 bits per heavy atom. The second-order valence-corrected chi connectivity index (χ2v) is 6.29. The van der Waals surface area contributed by atoms with Crippen LogP contribution in [0, 0.1) is 10.1 Å². The molecule has 1 aliphatic rings. The molecule has 0 bridgehead atoms. The number of anilines is 1. The van der Waals surface area contributed by atoms with Crippen LogP contribution in [-0.2, 0) is 7.05 Å². The molecule has 10 nitrogen and oxygen atoms in total. The van der Waals surface area contributed by atoms with Gasteiger partial charge in [-0.05, 0) is 12.1 Å². The Labute approximate surface area is 154 Å². The molecule has 0 atom stereocenters. The van der Waals surface area contributed by atoms with Crippen molar-refractivity contribution in [2.24, 2.45) is 7.05 Å². The maximum Gasteiger partial charge on any atom is 0.269 e. The lowest BCUT2D eigenvalue weighted by atomic mass is 10.1. The largest absolute Gasteiger partial charge is 0.352 e. The topological polar surface area (TPSA) is 110 Å². The van der Waals surface area contributed by atoms with Gasteiger partial charge in [0.25, 0.3) is 11.6 Å². The van der Waals surface area contributed by atoms with Crippen molar-refractivity contribution in [3.8, 4) is 0 Å². The lowest BCUT2D eigenvalue weighted by Gasteiger charge is -2.35. The number of hydrogen-bond acceptors (Lipinski definition) is 7. The van der Waals surface area contributed by atoms with E-state index in [-0.39, 0.29) is 11.6 Å². The molecule has 0 saturated carbocycles. The van der Waals surface area contributed by atoms with E-state index in [0.717, 1.165) is 16.9 Å². The smallest absolute Gasteiger partial charge is 0.269 e. The van der Waals surface area contributed by atoms with E-state index in [2.05, 4.69) is 20.0 Å². The van der Waals surface area contributed by atoms with E-state index in [1.165, 1.54) is 30.6 Å². The van der Waals surface area contributed by atoms with Gasteiger partial charge >= 0.3 is 0 Å². The first-order valence-corrected chi connectivity index (χ1v) is 8.46. The molecule has 3 heterocycles. The van der Waals surface area contributed by atoms with Gasteiger partial charge in [0.1, 0.15) is 12.1 Å². The minimum Gasteiger partial charge on any atom is -0.352 e. The van der Waals surface area contributed by atoms with Crippen LogP contribution in [0.4, 0.5) is 11.5 Å². The lowest BCUT2D eigenvalue weighted by molar-refractivity contribution is -0.384. The summed E-state index contributed by atoms with van der Waals surface area (Å²) >= 11 is 0. The number of piperazine rings is 1. The quantitative estimate of drug-likeness (QED) is 0.506. The van der Waals surface area contributed by atoms with Crippen LogP contribution < -0.4 is 4.90 Å². The molecule has 1 saturated heterocycles. The van der Waals surface area contributed by atoms with E-state index < -0.39 is 4.92 Å². The molecule has 0 spiro atoms. The van der Waals surface area contributed by atoms with Gasteiger partial charge in [-0.2, -0.15) is 5.10 Å². The van der Waals surface area contributed by atoms with Gasteiger partial charge in [-0.15, -0.1) is 0 Å². The summed E-state index contributed by atoms with van der Waals surface area (Å²) in [4.78, 5) is 35.4. The minimum absolute atomic E-state index is 0.0272. The number of aromatic nitrogens is 4. The highest BCUT2D eigenvalue weighted by Gasteiger charge is 2.24. The number of hydrogen-bond donors (Lipinski definition) is 0. The zero-order valence-corrected chi connectivity index (χ0v) is 14.6. The molecule has 0 N–H and O–H groups in total. The lowest BCUT2D eigenvalue weighted by Crippen LogP contribution is -2.49. The summed E-state index contributed by atoms with van der Waals surface area (Å²) in [7, 11) is 1.83. The van der Waals surface area contributed by atoms with Gasteiger partial charge in [0.15, 0.2) is 5.65 Å². The first kappa shape index (κ1) is 16.9. The summed E-state index contributed by atoms with van der Waals surface area (Å²) in [6.07, 6.45) is 3.27. The number of nitrogens with zero attached hydrogens (tertiary/aromatic N) is 7. The van der Waals surface area contributed by atoms with Crippen LogP contribution in [0.25, 0.3) is 11.0 Å². The standard InChI is InChI=1S/C17H17N7O3/c1-21-15-14(10-20-21)16(19-11-18-15)22-6-8-23(9-7-22)17(25)12-2-4-13(5-3-12)24(26)27/h2-5,10-11H,6-9H2,1H3. The summed E-state index contributed by atoms with van der Waals surface area (Å²) in [6.45, 7) is 2.36. The molecule has 1 aliphatic heterocycles. The molecular weight excluding hydrogens is 350 g/mol. The highest BCUT2D eigenvalue weighted by molar-refractivity contribution is 5.94. The van der Waals surface area contributed by atoms with Crippen LogP contribution in [-0.4, -0.2) is 61.7 Å². The Kier molecular flexibility index (Phi) is 4.15. The van der Waals surface area contributed by atoms with Crippen molar-refractivity contribution in [2.75, 3.05) is 31.1 Å². The van der Waals surface area contributed by atoms with Crippen molar-refractivity contribution in [1.29, 1.82) is 0 Å². The van der Waals surface area contributed by atoms with Crippen molar-refractivity contribution in [2.45, 2.75) is 0 Å². The molecule has 0 aliphatic carbocycles. The van der Waals surface area contributed by atoms with Crippen LogP contribution in [0.3, 0.4) is 0 Å². The fourth-order valence-electron chi connectivity index (χ4n) is 3.23. The second-order valence-electron chi connectivity index (χ2n) is 6.29. The van der Waals surface area contributed by atoms with E-state index in [4.69, 9.17) is 0 Å². The zero-order valence-electron chi connectivity index (χ0n) is 14.6. The molecule has 3 aromatic rings. The predicted molar refractivity (Wildman–Crippen MR) is 97.5 cm³/mol. The average molecular weight is 367 g/mol. The number of fused-ring (bicyclic) bond motifs is 1. The van der Waals surface area contributed by atoms with Crippen LogP contribution >= 0.6 is 0 Å². The van der Waals surface area contributed by atoms with Crippen molar-refractivity contribution < 1.29 is 9.72 Å². The van der Waals surface area contributed by atoms with Crippen molar-refractivity contribution in [3.05, 3.63) is 52.5 Å². The Morgan fingerprint density at radius 3 is 2.48 bits per heavy atom. The van der Waals surface area contributed by atoms with Crippen LogP contribution in [0.5, 0.6) is 0 Å². The number of non-ortho nitro benzene ring substituents is 1. The number of aryl methyl sites for hydroxylation is 1. The van der Waals surface area contributed by atoms with Crippen molar-refractivity contribution in [3.63, 3.8) is 0 Å². The average Bonchev–Trinajstić information content (AvgIpc) is 3.09. The van der Waals surface area contributed by atoms with E-state index in [1.807, 2.05) is 7.05 Å². The van der Waals surface area contributed by atoms with Crippen LogP contribution in [0.1, 0.15) is 10.4 Å². The number of amides is 1. The zero-order chi connectivity index (χ0) is 19.0. The Bertz CT molecular complexity index is 1010. The molecule has 4 rings (SSSR count). The molecule has 27 heavy (non-hydrogen) atoms. The number of nitro benzene ring substituents is 1. The highest BCUT2D eigenvalue weighted by atomic mass is 16.6. The van der Waals surface area contributed by atoms with Gasteiger partial charge in [-0.3, -0.25) is 19.6 Å². The van der Waals surface area contributed by atoms with Gasteiger partial charge in [-0.25, -0.2) is 9.97 Å². The van der Waals surface area contributed by atoms with Gasteiger partial charge in [0.05, 0.1) is 16.5 Å². The van der Waals surface area contributed by atoms with Gasteiger partial charge < -0.3 is 9.80 Å². The fourth-order valence-corrected chi connectivity index (χ4v) is 3.23. The van der Waals surface area contributed by atoms with Gasteiger partial charge in [0, 0.05) is 50.9 Å². The first-order valence-electron chi connectivity index (χ1n) is 8.46. The number of carbonyl (C=O) groups is 1. The monoisotopic (exact) mass is 367 g/mol. The Hall–Kier alpha value is -3.56. The maximum atomic E-state index is 12.6. The summed E-state index contributed by atoms with van der Waals surface area (Å²) in [6, 6.07) is 5.69. The molecule has 10 heteroatoms. The normalized spacial score (nSPS) is 14.6. The highest BCUT2D eigenvalue weighted by Crippen LogP contribution is 2.23. The first-order chi connectivity index (χ1) is 13.0. The van der Waals surface area contributed by atoms with Crippen LogP contribution in [0.15, 0.2) is 36.8 Å². The molecule has 2 aromatic heterocycles. The Balaban J connectivity index is 1.46. The molecule has 1 aromatic carbocycles. The van der Waals surface area contributed by atoms with Crippen molar-refractivity contribution >= 4 is 28.4 Å². The van der Waals surface area contributed by atoms with Crippen molar-refractivity contribution in [1.82, 2.24) is 24.6 Å². The Morgan fingerprint density at radius 2 is 1.81 bits per heavy atom. The van der Waals surface area contributed by atoms with Gasteiger partial charge in [0.2, 0.25) is 0 Å². The summed E-state index contributed by atoms with van der Waals surface area (Å²) in [5.74, 6) is 0.689. The molecule has 0 radical (unpaired) electrons. The number of benzene rings is 1. The predicted octanol–water partition coefficient (Wildman–Crippen LogP) is 1.23. The SMILES string of the molecule is Cn1ncc2c(N3CCN(C(=O)c4ccc([N+](=O)[O-])cc4)CC3)ncnc21. The molecule has 138 valence electrons. The molecule has 1 amide bonds. The van der Waals surface area contributed by atoms with E-state index in [0.29, 0.717) is 31.7 Å². The number of carbonyl (C=O) groups excluding carboxylic acids is 1. The maximum absolute atomic E-state index is 12.6. The third kappa shape index (κ3) is 3.05. The minimum atomic E-state index is -0.478. The molecule has 0 unspecified atom stereocenters. The summed E-state index contributed by atoms with van der Waals surface area (Å²) in [5, 5.41) is 15.9. The number of rotatable bonds is 3. The third-order valence-corrected chi connectivity index (χ3v) is 4.70. The second kappa shape index (κ2) is 6.63. The van der Waals surface area contributed by atoms with E-state index >= 15 is 0 Å². The summed E-state index contributed by atoms with van der Waals surface area (Å²) in [5.41, 5.74) is 1.19.